The molecule has 7 nitrogen and oxygen atoms in total. The fourth-order valence-electron chi connectivity index (χ4n) is 2.31. The van der Waals surface area contributed by atoms with Gasteiger partial charge in [0.2, 0.25) is 5.91 Å². The SMILES string of the molecule is CCNC(=NCC(=O)N(C)CCc1ccccn1)NCc1ncc(CC)s1. The molecule has 2 heterocycles. The molecule has 1 amide bonds. The maximum absolute atomic E-state index is 12.3. The first kappa shape index (κ1) is 20.8. The molecule has 0 aliphatic carbocycles. The summed E-state index contributed by atoms with van der Waals surface area (Å²) in [5.41, 5.74) is 0.977. The van der Waals surface area contributed by atoms with Crippen molar-refractivity contribution < 1.29 is 4.79 Å². The van der Waals surface area contributed by atoms with Crippen LogP contribution in [0.3, 0.4) is 0 Å². The number of carbonyl (C=O) groups excluding carboxylic acids is 1. The first-order valence-electron chi connectivity index (χ1n) is 9.22. The van der Waals surface area contributed by atoms with Crippen LogP contribution in [0.5, 0.6) is 0 Å². The first-order chi connectivity index (χ1) is 13.1. The van der Waals surface area contributed by atoms with Crippen LogP contribution in [0.4, 0.5) is 0 Å². The maximum Gasteiger partial charge on any atom is 0.244 e. The number of aliphatic imine (C=N–C) groups is 1. The zero-order valence-corrected chi connectivity index (χ0v) is 17.1. The van der Waals surface area contributed by atoms with Gasteiger partial charge in [-0.25, -0.2) is 9.98 Å². The van der Waals surface area contributed by atoms with Gasteiger partial charge in [0.05, 0.1) is 6.54 Å². The molecule has 8 heteroatoms. The number of guanidine groups is 1. The first-order valence-corrected chi connectivity index (χ1v) is 10.0. The van der Waals surface area contributed by atoms with E-state index in [4.69, 9.17) is 0 Å². The van der Waals surface area contributed by atoms with E-state index in [2.05, 4.69) is 32.5 Å². The van der Waals surface area contributed by atoms with E-state index >= 15 is 0 Å². The topological polar surface area (TPSA) is 82.5 Å². The van der Waals surface area contributed by atoms with Gasteiger partial charge in [-0.15, -0.1) is 11.3 Å². The fourth-order valence-corrected chi connectivity index (χ4v) is 3.12. The van der Waals surface area contributed by atoms with Crippen LogP contribution < -0.4 is 10.6 Å². The Bertz CT molecular complexity index is 731. The molecule has 0 radical (unpaired) electrons. The Labute approximate surface area is 164 Å². The molecular weight excluding hydrogens is 360 g/mol. The lowest BCUT2D eigenvalue weighted by Gasteiger charge is -2.16. The van der Waals surface area contributed by atoms with Gasteiger partial charge in [-0.3, -0.25) is 9.78 Å². The van der Waals surface area contributed by atoms with Crippen LogP contribution in [0, 0.1) is 0 Å². The predicted octanol–water partition coefficient (Wildman–Crippen LogP) is 1.86. The highest BCUT2D eigenvalue weighted by atomic mass is 32.1. The number of aryl methyl sites for hydroxylation is 1. The van der Waals surface area contributed by atoms with Gasteiger partial charge in [-0.2, -0.15) is 0 Å². The quantitative estimate of drug-likeness (QED) is 0.506. The molecular formula is C19H28N6OS. The third kappa shape index (κ3) is 7.34. The van der Waals surface area contributed by atoms with Crippen molar-refractivity contribution in [2.75, 3.05) is 26.7 Å². The standard InChI is InChI=1S/C19H28N6OS/c1-4-16-12-22-17(27-16)13-23-19(20-5-2)24-14-18(26)25(3)11-9-15-8-6-7-10-21-15/h6-8,10,12H,4-5,9,11,13-14H2,1-3H3,(H2,20,23,24). The molecule has 0 saturated heterocycles. The van der Waals surface area contributed by atoms with Crippen LogP contribution in [0.25, 0.3) is 0 Å². The predicted molar refractivity (Wildman–Crippen MR) is 110 cm³/mol. The minimum absolute atomic E-state index is 0.0225. The van der Waals surface area contributed by atoms with Gasteiger partial charge in [0, 0.05) is 49.5 Å². The van der Waals surface area contributed by atoms with E-state index in [-0.39, 0.29) is 12.5 Å². The monoisotopic (exact) mass is 388 g/mol. The molecule has 2 N–H and O–H groups in total. The number of thiazole rings is 1. The van der Waals surface area contributed by atoms with Crippen molar-refractivity contribution in [1.29, 1.82) is 0 Å². The van der Waals surface area contributed by atoms with Crippen molar-refractivity contribution in [3.63, 3.8) is 0 Å². The largest absolute Gasteiger partial charge is 0.357 e. The zero-order valence-electron chi connectivity index (χ0n) is 16.2. The lowest BCUT2D eigenvalue weighted by atomic mass is 10.2. The molecule has 0 bridgehead atoms. The third-order valence-corrected chi connectivity index (χ3v) is 5.07. The van der Waals surface area contributed by atoms with Crippen molar-refractivity contribution in [3.05, 3.63) is 46.2 Å². The van der Waals surface area contributed by atoms with Crippen LogP contribution >= 0.6 is 11.3 Å². The van der Waals surface area contributed by atoms with Crippen LogP contribution in [-0.4, -0.2) is 53.4 Å². The molecule has 0 saturated carbocycles. The number of rotatable bonds is 9. The summed E-state index contributed by atoms with van der Waals surface area (Å²) in [4.78, 5) is 28.3. The second-order valence-corrected chi connectivity index (χ2v) is 7.21. The number of pyridine rings is 1. The van der Waals surface area contributed by atoms with E-state index in [1.807, 2.05) is 31.3 Å². The van der Waals surface area contributed by atoms with Crippen LogP contribution in [-0.2, 0) is 24.2 Å². The Hall–Kier alpha value is -2.48. The molecule has 2 aromatic rings. The van der Waals surface area contributed by atoms with Crippen LogP contribution in [0.2, 0.25) is 0 Å². The number of nitrogens with one attached hydrogen (secondary N) is 2. The Morgan fingerprint density at radius 3 is 2.78 bits per heavy atom. The minimum atomic E-state index is -0.0225. The van der Waals surface area contributed by atoms with Crippen molar-refractivity contribution in [1.82, 2.24) is 25.5 Å². The van der Waals surface area contributed by atoms with Gasteiger partial charge in [-0.05, 0) is 25.5 Å². The molecule has 0 aromatic carbocycles. The van der Waals surface area contributed by atoms with Crippen molar-refractivity contribution in [2.45, 2.75) is 33.2 Å². The molecule has 0 spiro atoms. The number of hydrogen-bond acceptors (Lipinski definition) is 5. The second-order valence-electron chi connectivity index (χ2n) is 6.01. The fraction of sp³-hybridized carbons (Fsp3) is 0.474. The van der Waals surface area contributed by atoms with Crippen molar-refractivity contribution in [2.24, 2.45) is 4.99 Å². The number of hydrogen-bond donors (Lipinski definition) is 2. The Kier molecular flexibility index (Phi) is 8.70. The average molecular weight is 389 g/mol. The minimum Gasteiger partial charge on any atom is -0.357 e. The van der Waals surface area contributed by atoms with Crippen LogP contribution in [0.15, 0.2) is 35.6 Å². The highest BCUT2D eigenvalue weighted by Gasteiger charge is 2.09. The molecule has 0 unspecified atom stereocenters. The number of amides is 1. The van der Waals surface area contributed by atoms with Gasteiger partial charge in [0.1, 0.15) is 11.6 Å². The second kappa shape index (κ2) is 11.3. The maximum atomic E-state index is 12.3. The van der Waals surface area contributed by atoms with Crippen LogP contribution in [0.1, 0.15) is 29.4 Å². The summed E-state index contributed by atoms with van der Waals surface area (Å²) in [6.45, 7) is 6.16. The third-order valence-electron chi connectivity index (χ3n) is 3.93. The summed E-state index contributed by atoms with van der Waals surface area (Å²) in [5, 5.41) is 7.40. The Morgan fingerprint density at radius 2 is 2.11 bits per heavy atom. The molecule has 0 fully saturated rings. The van der Waals surface area contributed by atoms with Gasteiger partial charge >= 0.3 is 0 Å². The van der Waals surface area contributed by atoms with E-state index in [0.29, 0.717) is 19.0 Å². The molecule has 0 atom stereocenters. The molecule has 0 aliphatic rings. The summed E-state index contributed by atoms with van der Waals surface area (Å²) in [6, 6.07) is 5.80. The van der Waals surface area contributed by atoms with E-state index in [1.165, 1.54) is 4.88 Å². The molecule has 2 rings (SSSR count). The Balaban J connectivity index is 1.81. The summed E-state index contributed by atoms with van der Waals surface area (Å²) >= 11 is 1.69. The molecule has 27 heavy (non-hydrogen) atoms. The highest BCUT2D eigenvalue weighted by molar-refractivity contribution is 7.11. The summed E-state index contributed by atoms with van der Waals surface area (Å²) < 4.78 is 0. The van der Waals surface area contributed by atoms with Gasteiger partial charge in [0.15, 0.2) is 5.96 Å². The normalized spacial score (nSPS) is 11.3. The van der Waals surface area contributed by atoms with Gasteiger partial charge < -0.3 is 15.5 Å². The molecule has 2 aromatic heterocycles. The lowest BCUT2D eigenvalue weighted by molar-refractivity contribution is -0.128. The average Bonchev–Trinajstić information content (AvgIpc) is 3.17. The number of aromatic nitrogens is 2. The summed E-state index contributed by atoms with van der Waals surface area (Å²) in [7, 11) is 1.79. The van der Waals surface area contributed by atoms with Gasteiger partial charge in [0.25, 0.3) is 0 Å². The van der Waals surface area contributed by atoms with E-state index in [0.717, 1.165) is 30.1 Å². The number of carbonyl (C=O) groups is 1. The summed E-state index contributed by atoms with van der Waals surface area (Å²) in [6.07, 6.45) is 5.40. The summed E-state index contributed by atoms with van der Waals surface area (Å²) in [5.74, 6) is 0.600. The van der Waals surface area contributed by atoms with E-state index in [1.54, 1.807) is 29.5 Å². The highest BCUT2D eigenvalue weighted by Crippen LogP contribution is 2.12. The smallest absolute Gasteiger partial charge is 0.244 e. The Morgan fingerprint density at radius 1 is 1.26 bits per heavy atom. The molecule has 0 aliphatic heterocycles. The number of likely N-dealkylation sites (N-methyl/N-ethyl adjacent to an activating group) is 1. The van der Waals surface area contributed by atoms with Crippen molar-refractivity contribution >= 4 is 23.2 Å². The number of nitrogens with zero attached hydrogens (tertiary/aromatic N) is 4. The van der Waals surface area contributed by atoms with E-state index in [9.17, 15) is 4.79 Å². The molecule has 146 valence electrons. The zero-order chi connectivity index (χ0) is 19.5. The van der Waals surface area contributed by atoms with Crippen molar-refractivity contribution in [3.8, 4) is 0 Å². The van der Waals surface area contributed by atoms with Gasteiger partial charge in [-0.1, -0.05) is 13.0 Å². The lowest BCUT2D eigenvalue weighted by Crippen LogP contribution is -2.38. The van der Waals surface area contributed by atoms with E-state index < -0.39 is 0 Å².